The van der Waals surface area contributed by atoms with Gasteiger partial charge in [-0.05, 0) is 48.7 Å². The molecule has 0 saturated heterocycles. The predicted molar refractivity (Wildman–Crippen MR) is 146 cm³/mol. The third kappa shape index (κ3) is 6.86. The van der Waals surface area contributed by atoms with Gasteiger partial charge < -0.3 is 14.4 Å². The molecule has 38 heavy (non-hydrogen) atoms. The highest BCUT2D eigenvalue weighted by Crippen LogP contribution is 2.26. The lowest BCUT2D eigenvalue weighted by molar-refractivity contribution is 0.0697. The molecule has 198 valence electrons. The number of hydrogen-bond acceptors (Lipinski definition) is 4. The van der Waals surface area contributed by atoms with Gasteiger partial charge in [0.25, 0.3) is 0 Å². The standard InChI is InChI=1S/C31H34FN3O3/c1-3-5-18-35-28(29(32)33-30(35)25-11-7-6-8-12-25)22-34(20-23-14-16-26(17-15-23)31(36)37)21-24-10-9-13-27(19-24)38-4-2/h6-17,19H,3-5,18,20-22H2,1-2H3,(H,36,37). The van der Waals surface area contributed by atoms with Crippen molar-refractivity contribution in [1.82, 2.24) is 14.5 Å². The Morgan fingerprint density at radius 1 is 0.947 bits per heavy atom. The smallest absolute Gasteiger partial charge is 0.335 e. The van der Waals surface area contributed by atoms with E-state index in [0.29, 0.717) is 44.3 Å². The van der Waals surface area contributed by atoms with Crippen LogP contribution in [0, 0.1) is 5.95 Å². The molecule has 0 aliphatic heterocycles. The minimum absolute atomic E-state index is 0.237. The number of carbonyl (C=O) groups is 1. The molecule has 0 amide bonds. The van der Waals surface area contributed by atoms with Gasteiger partial charge in [-0.25, -0.2) is 4.79 Å². The van der Waals surface area contributed by atoms with Gasteiger partial charge in [0.05, 0.1) is 17.9 Å². The Morgan fingerprint density at radius 3 is 2.37 bits per heavy atom. The summed E-state index contributed by atoms with van der Waals surface area (Å²) in [4.78, 5) is 17.8. The van der Waals surface area contributed by atoms with Gasteiger partial charge in [-0.15, -0.1) is 0 Å². The molecule has 0 bridgehead atoms. The largest absolute Gasteiger partial charge is 0.494 e. The maximum atomic E-state index is 15.5. The van der Waals surface area contributed by atoms with E-state index in [-0.39, 0.29) is 5.56 Å². The van der Waals surface area contributed by atoms with Crippen molar-refractivity contribution < 1.29 is 19.0 Å². The van der Waals surface area contributed by atoms with Crippen LogP contribution in [0.15, 0.2) is 78.9 Å². The van der Waals surface area contributed by atoms with Crippen molar-refractivity contribution >= 4 is 5.97 Å². The minimum Gasteiger partial charge on any atom is -0.494 e. The van der Waals surface area contributed by atoms with E-state index < -0.39 is 11.9 Å². The van der Waals surface area contributed by atoms with E-state index in [4.69, 9.17) is 4.74 Å². The average Bonchev–Trinajstić information content (AvgIpc) is 3.23. The fourth-order valence-corrected chi connectivity index (χ4v) is 4.52. The quantitative estimate of drug-likeness (QED) is 0.212. The zero-order valence-electron chi connectivity index (χ0n) is 21.9. The van der Waals surface area contributed by atoms with E-state index in [1.807, 2.05) is 78.2 Å². The van der Waals surface area contributed by atoms with E-state index in [0.717, 1.165) is 35.3 Å². The molecule has 3 aromatic carbocycles. The molecule has 0 aliphatic carbocycles. The van der Waals surface area contributed by atoms with E-state index in [2.05, 4.69) is 16.8 Å². The summed E-state index contributed by atoms with van der Waals surface area (Å²) >= 11 is 0. The average molecular weight is 516 g/mol. The molecule has 0 fully saturated rings. The Hall–Kier alpha value is -3.97. The first-order chi connectivity index (χ1) is 18.5. The van der Waals surface area contributed by atoms with Gasteiger partial charge in [0.15, 0.2) is 0 Å². The number of unbranched alkanes of at least 4 members (excludes halogenated alkanes) is 1. The molecule has 0 unspecified atom stereocenters. The maximum Gasteiger partial charge on any atom is 0.335 e. The van der Waals surface area contributed by atoms with Crippen molar-refractivity contribution in [3.05, 3.63) is 107 Å². The molecular weight excluding hydrogens is 481 g/mol. The van der Waals surface area contributed by atoms with E-state index in [1.165, 1.54) is 0 Å². The molecule has 1 heterocycles. The molecule has 0 spiro atoms. The highest BCUT2D eigenvalue weighted by Gasteiger charge is 2.21. The molecule has 1 N–H and O–H groups in total. The van der Waals surface area contributed by atoms with Crippen molar-refractivity contribution in [3.8, 4) is 17.1 Å². The number of aromatic nitrogens is 2. The number of benzene rings is 3. The normalized spacial score (nSPS) is 11.2. The number of imidazole rings is 1. The number of halogens is 1. The summed E-state index contributed by atoms with van der Waals surface area (Å²) in [7, 11) is 0. The third-order valence-electron chi connectivity index (χ3n) is 6.39. The number of rotatable bonds is 13. The monoisotopic (exact) mass is 515 g/mol. The van der Waals surface area contributed by atoms with E-state index >= 15 is 4.39 Å². The molecule has 6 nitrogen and oxygen atoms in total. The van der Waals surface area contributed by atoms with Crippen LogP contribution in [0.5, 0.6) is 5.75 Å². The predicted octanol–water partition coefficient (Wildman–Crippen LogP) is 6.79. The van der Waals surface area contributed by atoms with Crippen LogP contribution in [0.25, 0.3) is 11.4 Å². The Kier molecular flexibility index (Phi) is 9.27. The molecule has 0 radical (unpaired) electrons. The first kappa shape index (κ1) is 27.1. The fourth-order valence-electron chi connectivity index (χ4n) is 4.52. The van der Waals surface area contributed by atoms with Crippen molar-refractivity contribution in [1.29, 1.82) is 0 Å². The number of aromatic carboxylic acids is 1. The first-order valence-electron chi connectivity index (χ1n) is 13.0. The van der Waals surface area contributed by atoms with Crippen LogP contribution < -0.4 is 4.74 Å². The number of carboxylic acid groups (broad SMARTS) is 1. The number of ether oxygens (including phenoxy) is 1. The van der Waals surface area contributed by atoms with Gasteiger partial charge >= 0.3 is 5.97 Å². The number of hydrogen-bond donors (Lipinski definition) is 1. The fraction of sp³-hybridized carbons (Fsp3) is 0.290. The van der Waals surface area contributed by atoms with Gasteiger partial charge in [-0.1, -0.05) is 67.9 Å². The maximum absolute atomic E-state index is 15.5. The second-order valence-electron chi connectivity index (χ2n) is 9.27. The summed E-state index contributed by atoms with van der Waals surface area (Å²) in [5.74, 6) is 0.00248. The molecule has 4 rings (SSSR count). The van der Waals surface area contributed by atoms with Crippen LogP contribution in [0.4, 0.5) is 4.39 Å². The van der Waals surface area contributed by atoms with Gasteiger partial charge in [0, 0.05) is 31.7 Å². The summed E-state index contributed by atoms with van der Waals surface area (Å²) in [5, 5.41) is 9.27. The Balaban J connectivity index is 1.68. The van der Waals surface area contributed by atoms with Crippen LogP contribution in [-0.2, 0) is 26.2 Å². The van der Waals surface area contributed by atoms with E-state index in [9.17, 15) is 9.90 Å². The summed E-state index contributed by atoms with van der Waals surface area (Å²) in [6.07, 6.45) is 1.90. The SMILES string of the molecule is CCCCn1c(-c2ccccc2)nc(F)c1CN(Cc1ccc(C(=O)O)cc1)Cc1cccc(OCC)c1. The summed E-state index contributed by atoms with van der Waals surface area (Å²) in [6, 6.07) is 24.5. The molecule has 0 aliphatic rings. The van der Waals surface area contributed by atoms with Crippen molar-refractivity contribution in [2.75, 3.05) is 6.61 Å². The van der Waals surface area contributed by atoms with Crippen LogP contribution in [-0.4, -0.2) is 32.1 Å². The minimum atomic E-state index is -0.962. The molecular formula is C31H34FN3O3. The highest BCUT2D eigenvalue weighted by molar-refractivity contribution is 5.87. The first-order valence-corrected chi connectivity index (χ1v) is 13.0. The zero-order valence-corrected chi connectivity index (χ0v) is 21.9. The second kappa shape index (κ2) is 13.0. The van der Waals surface area contributed by atoms with Crippen LogP contribution in [0.2, 0.25) is 0 Å². The Labute approximate surface area is 223 Å². The number of nitrogens with zero attached hydrogens (tertiary/aromatic N) is 3. The zero-order chi connectivity index (χ0) is 26.9. The van der Waals surface area contributed by atoms with E-state index in [1.54, 1.807) is 12.1 Å². The Morgan fingerprint density at radius 2 is 1.68 bits per heavy atom. The third-order valence-corrected chi connectivity index (χ3v) is 6.39. The molecule has 0 saturated carbocycles. The summed E-state index contributed by atoms with van der Waals surface area (Å²) in [5.41, 5.74) is 3.65. The second-order valence-corrected chi connectivity index (χ2v) is 9.27. The van der Waals surface area contributed by atoms with Gasteiger partial charge in [-0.3, -0.25) is 4.90 Å². The lowest BCUT2D eigenvalue weighted by atomic mass is 10.1. The molecule has 0 atom stereocenters. The number of carboxylic acids is 1. The summed E-state index contributed by atoms with van der Waals surface area (Å²) < 4.78 is 23.2. The van der Waals surface area contributed by atoms with Gasteiger partial charge in [0.1, 0.15) is 11.6 Å². The van der Waals surface area contributed by atoms with Crippen LogP contribution in [0.3, 0.4) is 0 Å². The molecule has 1 aromatic heterocycles. The molecule has 4 aromatic rings. The van der Waals surface area contributed by atoms with Crippen LogP contribution >= 0.6 is 0 Å². The lowest BCUT2D eigenvalue weighted by Gasteiger charge is -2.24. The topological polar surface area (TPSA) is 67.6 Å². The van der Waals surface area contributed by atoms with Gasteiger partial charge in [0.2, 0.25) is 5.95 Å². The highest BCUT2D eigenvalue weighted by atomic mass is 19.1. The Bertz CT molecular complexity index is 1340. The van der Waals surface area contributed by atoms with Crippen LogP contribution in [0.1, 0.15) is 53.9 Å². The summed E-state index contributed by atoms with van der Waals surface area (Å²) in [6.45, 7) is 6.73. The van der Waals surface area contributed by atoms with Crippen molar-refractivity contribution in [2.45, 2.75) is 52.9 Å². The van der Waals surface area contributed by atoms with Gasteiger partial charge in [-0.2, -0.15) is 9.37 Å². The lowest BCUT2D eigenvalue weighted by Crippen LogP contribution is -2.25. The van der Waals surface area contributed by atoms with Crippen molar-refractivity contribution in [3.63, 3.8) is 0 Å². The van der Waals surface area contributed by atoms with Crippen molar-refractivity contribution in [2.24, 2.45) is 0 Å². The molecule has 7 heteroatoms.